The Hall–Kier alpha value is -1.67. The van der Waals surface area contributed by atoms with Crippen molar-refractivity contribution in [1.29, 1.82) is 0 Å². The first-order chi connectivity index (χ1) is 13.0. The first kappa shape index (κ1) is 21.0. The van der Waals surface area contributed by atoms with E-state index in [2.05, 4.69) is 10.6 Å². The maximum atomic E-state index is 13.6. The SMILES string of the molecule is CC[C@@H](CO)N1C(=O)[C@@H]2[C@H](C(=O)NC)[C@]3(C)CCC2(O3)C1C(=O)NC(C)(C)C. The molecule has 3 rings (SSSR count). The first-order valence-electron chi connectivity index (χ1n) is 10.1. The molecule has 3 aliphatic rings. The number of carbonyl (C=O) groups excluding carboxylic acids is 3. The van der Waals surface area contributed by atoms with Gasteiger partial charge < -0.3 is 25.4 Å². The van der Waals surface area contributed by atoms with Gasteiger partial charge in [-0.1, -0.05) is 6.92 Å². The van der Waals surface area contributed by atoms with E-state index in [1.807, 2.05) is 34.6 Å². The standard InChI is InChI=1S/C20H33N3O5/c1-7-11(10-24)23-14(16(26)22-18(2,3)4)20-9-8-19(5,28-20)12(15(25)21-6)13(20)17(23)27/h11-14,24H,7-10H2,1-6H3,(H,21,25)(H,22,26)/t11-,12+,13-,14?,19-,20?/m0/s1. The fourth-order valence-corrected chi connectivity index (χ4v) is 5.46. The quantitative estimate of drug-likeness (QED) is 0.616. The van der Waals surface area contributed by atoms with E-state index in [0.717, 1.165) is 0 Å². The summed E-state index contributed by atoms with van der Waals surface area (Å²) in [5.41, 5.74) is -2.29. The summed E-state index contributed by atoms with van der Waals surface area (Å²) in [6, 6.07) is -1.36. The number of likely N-dealkylation sites (tertiary alicyclic amines) is 1. The van der Waals surface area contributed by atoms with Crippen molar-refractivity contribution in [2.75, 3.05) is 13.7 Å². The molecule has 3 aliphatic heterocycles. The number of nitrogens with zero attached hydrogens (tertiary/aromatic N) is 1. The molecule has 0 aliphatic carbocycles. The fourth-order valence-electron chi connectivity index (χ4n) is 5.46. The van der Waals surface area contributed by atoms with Crippen LogP contribution < -0.4 is 10.6 Å². The first-order valence-corrected chi connectivity index (χ1v) is 10.1. The van der Waals surface area contributed by atoms with Crippen LogP contribution in [0.5, 0.6) is 0 Å². The maximum absolute atomic E-state index is 13.6. The molecule has 3 N–H and O–H groups in total. The number of ether oxygens (including phenoxy) is 1. The summed E-state index contributed by atoms with van der Waals surface area (Å²) in [4.78, 5) is 41.1. The number of rotatable bonds is 5. The Morgan fingerprint density at radius 1 is 1.32 bits per heavy atom. The van der Waals surface area contributed by atoms with Crippen LogP contribution in [0.4, 0.5) is 0 Å². The van der Waals surface area contributed by atoms with Gasteiger partial charge in [-0.25, -0.2) is 0 Å². The van der Waals surface area contributed by atoms with Gasteiger partial charge in [-0.3, -0.25) is 14.4 Å². The Morgan fingerprint density at radius 2 is 1.96 bits per heavy atom. The minimum Gasteiger partial charge on any atom is -0.394 e. The average molecular weight is 396 g/mol. The largest absolute Gasteiger partial charge is 0.394 e. The summed E-state index contributed by atoms with van der Waals surface area (Å²) in [5, 5.41) is 15.5. The molecule has 3 amide bonds. The molecule has 28 heavy (non-hydrogen) atoms. The van der Waals surface area contributed by atoms with Crippen molar-refractivity contribution in [2.45, 2.75) is 82.7 Å². The second-order valence-corrected chi connectivity index (χ2v) is 9.57. The smallest absolute Gasteiger partial charge is 0.246 e. The molecule has 0 saturated carbocycles. The summed E-state index contributed by atoms with van der Waals surface area (Å²) < 4.78 is 6.43. The Morgan fingerprint density at radius 3 is 2.46 bits per heavy atom. The van der Waals surface area contributed by atoms with Crippen molar-refractivity contribution in [2.24, 2.45) is 11.8 Å². The van der Waals surface area contributed by atoms with Crippen LogP contribution in [0.3, 0.4) is 0 Å². The number of amides is 3. The predicted octanol–water partition coefficient (Wildman–Crippen LogP) is 0.183. The predicted molar refractivity (Wildman–Crippen MR) is 102 cm³/mol. The minimum atomic E-state index is -1.04. The topological polar surface area (TPSA) is 108 Å². The molecule has 158 valence electrons. The zero-order valence-corrected chi connectivity index (χ0v) is 17.7. The van der Waals surface area contributed by atoms with Crippen molar-refractivity contribution in [3.05, 3.63) is 0 Å². The highest BCUT2D eigenvalue weighted by Gasteiger charge is 2.78. The average Bonchev–Trinajstić information content (AvgIpc) is 3.16. The number of aliphatic hydroxyl groups is 1. The van der Waals surface area contributed by atoms with Gasteiger partial charge in [-0.2, -0.15) is 0 Å². The molecule has 3 heterocycles. The van der Waals surface area contributed by atoms with Crippen molar-refractivity contribution >= 4 is 17.7 Å². The van der Waals surface area contributed by atoms with Gasteiger partial charge in [0, 0.05) is 12.6 Å². The molecule has 0 aromatic rings. The van der Waals surface area contributed by atoms with Crippen LogP contribution in [0.15, 0.2) is 0 Å². The van der Waals surface area contributed by atoms with Crippen LogP contribution in [-0.2, 0) is 19.1 Å². The van der Waals surface area contributed by atoms with Crippen LogP contribution >= 0.6 is 0 Å². The fraction of sp³-hybridized carbons (Fsp3) is 0.850. The monoisotopic (exact) mass is 395 g/mol. The summed E-state index contributed by atoms with van der Waals surface area (Å²) in [6.45, 7) is 9.13. The van der Waals surface area contributed by atoms with E-state index < -0.39 is 40.7 Å². The highest BCUT2D eigenvalue weighted by molar-refractivity contribution is 5.99. The van der Waals surface area contributed by atoms with Gasteiger partial charge >= 0.3 is 0 Å². The van der Waals surface area contributed by atoms with Gasteiger partial charge in [-0.15, -0.1) is 0 Å². The Bertz CT molecular complexity index is 686. The van der Waals surface area contributed by atoms with Gasteiger partial charge in [0.25, 0.3) is 0 Å². The molecule has 3 fully saturated rings. The molecule has 0 aromatic carbocycles. The van der Waals surface area contributed by atoms with E-state index >= 15 is 0 Å². The molecule has 0 radical (unpaired) electrons. The highest BCUT2D eigenvalue weighted by Crippen LogP contribution is 2.63. The third kappa shape index (κ3) is 2.84. The number of carbonyl (C=O) groups is 3. The normalized spacial score (nSPS) is 37.8. The molecule has 2 bridgehead atoms. The van der Waals surface area contributed by atoms with E-state index in [9.17, 15) is 19.5 Å². The lowest BCUT2D eigenvalue weighted by atomic mass is 9.66. The van der Waals surface area contributed by atoms with Crippen molar-refractivity contribution < 1.29 is 24.2 Å². The van der Waals surface area contributed by atoms with Crippen LogP contribution in [-0.4, -0.2) is 70.2 Å². The molecule has 8 heteroatoms. The second-order valence-electron chi connectivity index (χ2n) is 9.57. The summed E-state index contributed by atoms with van der Waals surface area (Å²) >= 11 is 0. The molecule has 3 saturated heterocycles. The van der Waals surface area contributed by atoms with Crippen LogP contribution in [0.1, 0.15) is 53.9 Å². The zero-order chi connectivity index (χ0) is 21.1. The molecule has 8 nitrogen and oxygen atoms in total. The highest BCUT2D eigenvalue weighted by atomic mass is 16.5. The Balaban J connectivity index is 2.11. The molecule has 0 aromatic heterocycles. The van der Waals surface area contributed by atoms with E-state index in [1.165, 1.54) is 4.90 Å². The molecular weight excluding hydrogens is 362 g/mol. The number of hydrogen-bond acceptors (Lipinski definition) is 5. The van der Waals surface area contributed by atoms with Crippen molar-refractivity contribution in [3.8, 4) is 0 Å². The van der Waals surface area contributed by atoms with Gasteiger partial charge in [0.2, 0.25) is 17.7 Å². The lowest BCUT2D eigenvalue weighted by Gasteiger charge is -2.38. The van der Waals surface area contributed by atoms with Crippen molar-refractivity contribution in [3.63, 3.8) is 0 Å². The third-order valence-electron chi connectivity index (χ3n) is 6.57. The van der Waals surface area contributed by atoms with E-state index in [-0.39, 0.29) is 24.3 Å². The number of hydrogen-bond donors (Lipinski definition) is 3. The number of fused-ring (bicyclic) bond motifs is 1. The summed E-state index contributed by atoms with van der Waals surface area (Å²) in [6.07, 6.45) is 1.65. The van der Waals surface area contributed by atoms with Crippen LogP contribution in [0.25, 0.3) is 0 Å². The van der Waals surface area contributed by atoms with Crippen molar-refractivity contribution in [1.82, 2.24) is 15.5 Å². The zero-order valence-electron chi connectivity index (χ0n) is 17.7. The third-order valence-corrected chi connectivity index (χ3v) is 6.57. The lowest BCUT2D eigenvalue weighted by molar-refractivity contribution is -0.150. The number of nitrogens with one attached hydrogen (secondary N) is 2. The second kappa shape index (κ2) is 6.69. The van der Waals surface area contributed by atoms with Gasteiger partial charge in [0.15, 0.2) is 0 Å². The van der Waals surface area contributed by atoms with E-state index in [1.54, 1.807) is 7.05 Å². The summed E-state index contributed by atoms with van der Waals surface area (Å²) in [5.74, 6) is -2.17. The summed E-state index contributed by atoms with van der Waals surface area (Å²) in [7, 11) is 1.55. The lowest BCUT2D eigenvalue weighted by Crippen LogP contribution is -2.60. The molecule has 1 spiro atoms. The molecule has 2 unspecified atom stereocenters. The number of aliphatic hydroxyl groups excluding tert-OH is 1. The minimum absolute atomic E-state index is 0.240. The Labute approximate surface area is 166 Å². The van der Waals surface area contributed by atoms with Gasteiger partial charge in [-0.05, 0) is 47.0 Å². The van der Waals surface area contributed by atoms with Crippen LogP contribution in [0.2, 0.25) is 0 Å². The van der Waals surface area contributed by atoms with E-state index in [0.29, 0.717) is 19.3 Å². The van der Waals surface area contributed by atoms with E-state index in [4.69, 9.17) is 4.74 Å². The van der Waals surface area contributed by atoms with Crippen LogP contribution in [0, 0.1) is 11.8 Å². The Kier molecular flexibility index (Phi) is 5.03. The van der Waals surface area contributed by atoms with Gasteiger partial charge in [0.05, 0.1) is 30.1 Å². The molecular formula is C20H33N3O5. The van der Waals surface area contributed by atoms with Gasteiger partial charge in [0.1, 0.15) is 11.6 Å². The maximum Gasteiger partial charge on any atom is 0.246 e. The molecule has 6 atom stereocenters.